The van der Waals surface area contributed by atoms with E-state index >= 15 is 0 Å². The summed E-state index contributed by atoms with van der Waals surface area (Å²) in [6, 6.07) is 13.8. The number of para-hydroxylation sites is 1. The number of benzene rings is 2. The quantitative estimate of drug-likeness (QED) is 0.757. The van der Waals surface area contributed by atoms with E-state index in [-0.39, 0.29) is 30.7 Å². The van der Waals surface area contributed by atoms with Gasteiger partial charge in [0.05, 0.1) is 17.2 Å². The second kappa shape index (κ2) is 9.09. The van der Waals surface area contributed by atoms with Crippen LogP contribution >= 0.6 is 11.6 Å². The van der Waals surface area contributed by atoms with Crippen LogP contribution in [0, 0.1) is 11.8 Å². The van der Waals surface area contributed by atoms with Gasteiger partial charge < -0.3 is 15.5 Å². The number of nitrogens with one attached hydrogen (secondary N) is 2. The van der Waals surface area contributed by atoms with Crippen molar-refractivity contribution >= 4 is 40.7 Å². The van der Waals surface area contributed by atoms with Gasteiger partial charge in [-0.2, -0.15) is 0 Å². The minimum absolute atomic E-state index is 0.115. The first-order valence-corrected chi connectivity index (χ1v) is 9.97. The van der Waals surface area contributed by atoms with Crippen LogP contribution in [0.1, 0.15) is 30.6 Å². The van der Waals surface area contributed by atoms with Crippen molar-refractivity contribution in [2.75, 3.05) is 23.3 Å². The Labute approximate surface area is 175 Å². The van der Waals surface area contributed by atoms with E-state index < -0.39 is 5.92 Å². The third-order valence-electron chi connectivity index (χ3n) is 4.73. The van der Waals surface area contributed by atoms with Crippen molar-refractivity contribution in [1.29, 1.82) is 0 Å². The number of nitrogens with zero attached hydrogens (tertiary/aromatic N) is 1. The van der Waals surface area contributed by atoms with Crippen LogP contribution in [0.2, 0.25) is 5.02 Å². The number of halogens is 1. The van der Waals surface area contributed by atoms with Gasteiger partial charge in [-0.25, -0.2) is 0 Å². The van der Waals surface area contributed by atoms with Crippen molar-refractivity contribution < 1.29 is 14.4 Å². The summed E-state index contributed by atoms with van der Waals surface area (Å²) in [4.78, 5) is 39.2. The summed E-state index contributed by atoms with van der Waals surface area (Å²) < 4.78 is 0. The summed E-state index contributed by atoms with van der Waals surface area (Å²) in [5.74, 6) is -0.803. The number of hydrogen-bond donors (Lipinski definition) is 2. The normalized spacial score (nSPS) is 16.2. The monoisotopic (exact) mass is 413 g/mol. The van der Waals surface area contributed by atoms with Crippen LogP contribution in [0.15, 0.2) is 48.5 Å². The molecular weight excluding hydrogens is 390 g/mol. The molecule has 1 aliphatic heterocycles. The van der Waals surface area contributed by atoms with Crippen molar-refractivity contribution in [1.82, 2.24) is 5.32 Å². The summed E-state index contributed by atoms with van der Waals surface area (Å²) >= 11 is 5.90. The van der Waals surface area contributed by atoms with E-state index in [0.29, 0.717) is 34.4 Å². The standard InChI is InChI=1S/C22H24ClN3O3/c1-14(2)12-24-22(29)18-5-3-4-6-19(18)25-21(28)15-11-20(27)26(13-15)17-9-7-16(23)8-10-17/h3-10,14-15H,11-13H2,1-2H3,(H,24,29)(H,25,28)/t15-/m0/s1. The van der Waals surface area contributed by atoms with Gasteiger partial charge in [-0.15, -0.1) is 0 Å². The van der Waals surface area contributed by atoms with Gasteiger partial charge in [-0.3, -0.25) is 14.4 Å². The number of carbonyl (C=O) groups is 3. The SMILES string of the molecule is CC(C)CNC(=O)c1ccccc1NC(=O)[C@H]1CC(=O)N(c2ccc(Cl)cc2)C1. The Bertz CT molecular complexity index is 912. The molecule has 1 heterocycles. The largest absolute Gasteiger partial charge is 0.352 e. The molecule has 7 heteroatoms. The number of carbonyl (C=O) groups excluding carboxylic acids is 3. The number of rotatable bonds is 6. The second-order valence-corrected chi connectivity index (χ2v) is 7.96. The molecule has 2 aromatic rings. The number of hydrogen-bond acceptors (Lipinski definition) is 3. The summed E-state index contributed by atoms with van der Waals surface area (Å²) in [6.45, 7) is 4.86. The molecule has 3 amide bonds. The summed E-state index contributed by atoms with van der Waals surface area (Å²) in [5.41, 5.74) is 1.56. The Balaban J connectivity index is 1.69. The van der Waals surface area contributed by atoms with Crippen LogP contribution in [0.3, 0.4) is 0 Å². The first kappa shape index (κ1) is 20.9. The molecule has 0 aliphatic carbocycles. The maximum Gasteiger partial charge on any atom is 0.253 e. The molecular formula is C22H24ClN3O3. The van der Waals surface area contributed by atoms with E-state index in [9.17, 15) is 14.4 Å². The smallest absolute Gasteiger partial charge is 0.253 e. The maximum atomic E-state index is 12.8. The summed E-state index contributed by atoms with van der Waals surface area (Å²) in [6.07, 6.45) is 0.121. The topological polar surface area (TPSA) is 78.5 Å². The summed E-state index contributed by atoms with van der Waals surface area (Å²) in [7, 11) is 0. The fourth-order valence-electron chi connectivity index (χ4n) is 3.17. The first-order valence-electron chi connectivity index (χ1n) is 9.59. The highest BCUT2D eigenvalue weighted by Crippen LogP contribution is 2.27. The van der Waals surface area contributed by atoms with Crippen LogP contribution in [0.5, 0.6) is 0 Å². The van der Waals surface area contributed by atoms with Crippen LogP contribution in [0.25, 0.3) is 0 Å². The van der Waals surface area contributed by atoms with Gasteiger partial charge in [-0.1, -0.05) is 37.6 Å². The van der Waals surface area contributed by atoms with E-state index in [1.807, 2.05) is 13.8 Å². The molecule has 1 fully saturated rings. The Kier molecular flexibility index (Phi) is 6.54. The lowest BCUT2D eigenvalue weighted by molar-refractivity contribution is -0.122. The molecule has 0 aromatic heterocycles. The lowest BCUT2D eigenvalue weighted by Crippen LogP contribution is -2.30. The average Bonchev–Trinajstić information content (AvgIpc) is 3.09. The zero-order valence-corrected chi connectivity index (χ0v) is 17.2. The van der Waals surface area contributed by atoms with E-state index in [2.05, 4.69) is 10.6 Å². The first-order chi connectivity index (χ1) is 13.8. The molecule has 1 aliphatic rings. The number of anilines is 2. The molecule has 0 bridgehead atoms. The van der Waals surface area contributed by atoms with Crippen LogP contribution in [-0.2, 0) is 9.59 Å². The molecule has 6 nitrogen and oxygen atoms in total. The fourth-order valence-corrected chi connectivity index (χ4v) is 3.30. The molecule has 152 valence electrons. The van der Waals surface area contributed by atoms with E-state index in [1.54, 1.807) is 53.4 Å². The molecule has 0 spiro atoms. The van der Waals surface area contributed by atoms with Crippen molar-refractivity contribution in [3.8, 4) is 0 Å². The van der Waals surface area contributed by atoms with Gasteiger partial charge in [0, 0.05) is 30.2 Å². The minimum atomic E-state index is -0.495. The molecule has 2 aromatic carbocycles. The highest BCUT2D eigenvalue weighted by molar-refractivity contribution is 6.30. The fraction of sp³-hybridized carbons (Fsp3) is 0.318. The molecule has 0 saturated carbocycles. The molecule has 3 rings (SSSR count). The molecule has 29 heavy (non-hydrogen) atoms. The Morgan fingerprint density at radius 3 is 2.52 bits per heavy atom. The third kappa shape index (κ3) is 5.15. The number of amides is 3. The third-order valence-corrected chi connectivity index (χ3v) is 4.99. The van der Waals surface area contributed by atoms with Crippen molar-refractivity contribution in [3.05, 3.63) is 59.1 Å². The van der Waals surface area contributed by atoms with Gasteiger partial charge in [0.25, 0.3) is 5.91 Å². The maximum absolute atomic E-state index is 12.8. The summed E-state index contributed by atoms with van der Waals surface area (Å²) in [5, 5.41) is 6.27. The van der Waals surface area contributed by atoms with Gasteiger partial charge in [0.2, 0.25) is 11.8 Å². The Morgan fingerprint density at radius 2 is 1.83 bits per heavy atom. The van der Waals surface area contributed by atoms with E-state index in [0.717, 1.165) is 0 Å². The van der Waals surface area contributed by atoms with Crippen molar-refractivity contribution in [3.63, 3.8) is 0 Å². The van der Waals surface area contributed by atoms with Crippen molar-refractivity contribution in [2.24, 2.45) is 11.8 Å². The molecule has 0 radical (unpaired) electrons. The lowest BCUT2D eigenvalue weighted by Gasteiger charge is -2.17. The zero-order chi connectivity index (χ0) is 21.0. The van der Waals surface area contributed by atoms with Gasteiger partial charge in [-0.05, 0) is 42.3 Å². The van der Waals surface area contributed by atoms with Gasteiger partial charge in [0.15, 0.2) is 0 Å². The Morgan fingerprint density at radius 1 is 1.14 bits per heavy atom. The molecule has 0 unspecified atom stereocenters. The second-order valence-electron chi connectivity index (χ2n) is 7.52. The van der Waals surface area contributed by atoms with Gasteiger partial charge >= 0.3 is 0 Å². The lowest BCUT2D eigenvalue weighted by atomic mass is 10.1. The van der Waals surface area contributed by atoms with Crippen LogP contribution in [-0.4, -0.2) is 30.8 Å². The molecule has 1 atom stereocenters. The highest BCUT2D eigenvalue weighted by atomic mass is 35.5. The highest BCUT2D eigenvalue weighted by Gasteiger charge is 2.35. The molecule has 1 saturated heterocycles. The predicted molar refractivity (Wildman–Crippen MR) is 114 cm³/mol. The zero-order valence-electron chi connectivity index (χ0n) is 16.4. The van der Waals surface area contributed by atoms with E-state index in [4.69, 9.17) is 11.6 Å². The average molecular weight is 414 g/mol. The predicted octanol–water partition coefficient (Wildman–Crippen LogP) is 3.72. The van der Waals surface area contributed by atoms with Crippen LogP contribution in [0.4, 0.5) is 11.4 Å². The van der Waals surface area contributed by atoms with Crippen LogP contribution < -0.4 is 15.5 Å². The Hall–Kier alpha value is -2.86. The van der Waals surface area contributed by atoms with E-state index in [1.165, 1.54) is 0 Å². The van der Waals surface area contributed by atoms with Crippen molar-refractivity contribution in [2.45, 2.75) is 20.3 Å². The minimum Gasteiger partial charge on any atom is -0.352 e. The molecule has 2 N–H and O–H groups in total. The van der Waals surface area contributed by atoms with Gasteiger partial charge in [0.1, 0.15) is 0 Å².